The average Bonchev–Trinajstić information content (AvgIpc) is 3.36. The Bertz CT molecular complexity index is 1060. The molecule has 0 saturated carbocycles. The summed E-state index contributed by atoms with van der Waals surface area (Å²) in [5.74, 6) is 0. The Labute approximate surface area is 162 Å². The Morgan fingerprint density at radius 2 is 2.19 bits per heavy atom. The molecule has 3 aromatic rings. The van der Waals surface area contributed by atoms with Gasteiger partial charge in [0.05, 0.1) is 15.2 Å². The SMILES string of the molecule is NC(=O)N1CCC2(CCn3nc(-c4cnc5[nH]cc(Cl)c5c4)c(Br)c32)C1. The Balaban J connectivity index is 1.60. The van der Waals surface area contributed by atoms with Crippen LogP contribution in [-0.2, 0) is 12.0 Å². The highest BCUT2D eigenvalue weighted by molar-refractivity contribution is 9.10. The predicted octanol–water partition coefficient (Wildman–Crippen LogP) is 3.27. The van der Waals surface area contributed by atoms with E-state index in [-0.39, 0.29) is 11.4 Å². The quantitative estimate of drug-likeness (QED) is 0.614. The molecule has 9 heteroatoms. The predicted molar refractivity (Wildman–Crippen MR) is 102 cm³/mol. The van der Waals surface area contributed by atoms with Crippen molar-refractivity contribution in [3.05, 3.63) is 33.6 Å². The summed E-state index contributed by atoms with van der Waals surface area (Å²) < 4.78 is 3.02. The van der Waals surface area contributed by atoms with Crippen LogP contribution in [0.15, 0.2) is 22.9 Å². The summed E-state index contributed by atoms with van der Waals surface area (Å²) in [7, 11) is 0. The Morgan fingerprint density at radius 3 is 2.96 bits per heavy atom. The van der Waals surface area contributed by atoms with E-state index in [1.54, 1.807) is 17.3 Å². The number of hydrogen-bond acceptors (Lipinski definition) is 3. The number of pyridine rings is 1. The van der Waals surface area contributed by atoms with Gasteiger partial charge in [-0.2, -0.15) is 5.10 Å². The van der Waals surface area contributed by atoms with Gasteiger partial charge < -0.3 is 15.6 Å². The highest BCUT2D eigenvalue weighted by Gasteiger charge is 2.48. The molecule has 7 nitrogen and oxygen atoms in total. The third-order valence-corrected chi connectivity index (χ3v) is 6.68. The van der Waals surface area contributed by atoms with Crippen LogP contribution in [0, 0.1) is 0 Å². The maximum atomic E-state index is 11.6. The Hall–Kier alpha value is -2.06. The minimum atomic E-state index is -0.354. The highest BCUT2D eigenvalue weighted by Crippen LogP contribution is 2.48. The van der Waals surface area contributed by atoms with Crippen LogP contribution in [0.1, 0.15) is 18.5 Å². The molecule has 26 heavy (non-hydrogen) atoms. The number of likely N-dealkylation sites (tertiary alicyclic amines) is 1. The number of rotatable bonds is 1. The maximum absolute atomic E-state index is 11.6. The van der Waals surface area contributed by atoms with Crippen molar-refractivity contribution in [2.24, 2.45) is 5.73 Å². The van der Waals surface area contributed by atoms with Gasteiger partial charge in [0.15, 0.2) is 0 Å². The molecule has 3 N–H and O–H groups in total. The van der Waals surface area contributed by atoms with Crippen molar-refractivity contribution in [2.75, 3.05) is 13.1 Å². The van der Waals surface area contributed by atoms with Gasteiger partial charge in [0.25, 0.3) is 0 Å². The molecule has 1 spiro atoms. The summed E-state index contributed by atoms with van der Waals surface area (Å²) in [5.41, 5.74) is 9.07. The third kappa shape index (κ3) is 2.15. The second-order valence-corrected chi connectivity index (χ2v) is 8.23. The molecule has 3 aromatic heterocycles. The number of aromatic nitrogens is 4. The molecule has 2 aliphatic heterocycles. The minimum Gasteiger partial charge on any atom is -0.351 e. The normalized spacial score (nSPS) is 21.8. The van der Waals surface area contributed by atoms with E-state index < -0.39 is 0 Å². The van der Waals surface area contributed by atoms with Gasteiger partial charge in [-0.3, -0.25) is 4.68 Å². The number of urea groups is 1. The first kappa shape index (κ1) is 16.1. The lowest BCUT2D eigenvalue weighted by molar-refractivity contribution is 0.215. The molecule has 134 valence electrons. The number of aromatic amines is 1. The van der Waals surface area contributed by atoms with Crippen molar-refractivity contribution < 1.29 is 4.79 Å². The van der Waals surface area contributed by atoms with E-state index >= 15 is 0 Å². The zero-order valence-electron chi connectivity index (χ0n) is 13.8. The van der Waals surface area contributed by atoms with Gasteiger partial charge in [-0.1, -0.05) is 11.6 Å². The molecule has 2 aliphatic rings. The lowest BCUT2D eigenvalue weighted by atomic mass is 9.82. The van der Waals surface area contributed by atoms with Crippen molar-refractivity contribution in [3.8, 4) is 11.3 Å². The zero-order valence-corrected chi connectivity index (χ0v) is 16.1. The number of nitrogens with one attached hydrogen (secondary N) is 1. The van der Waals surface area contributed by atoms with Crippen molar-refractivity contribution >= 4 is 44.6 Å². The Morgan fingerprint density at radius 1 is 1.38 bits per heavy atom. The van der Waals surface area contributed by atoms with E-state index in [2.05, 4.69) is 25.9 Å². The van der Waals surface area contributed by atoms with Crippen LogP contribution in [0.2, 0.25) is 5.02 Å². The monoisotopic (exact) mass is 434 g/mol. The fraction of sp³-hybridized carbons (Fsp3) is 0.353. The third-order valence-electron chi connectivity index (χ3n) is 5.62. The van der Waals surface area contributed by atoms with Gasteiger partial charge >= 0.3 is 6.03 Å². The maximum Gasteiger partial charge on any atom is 0.314 e. The van der Waals surface area contributed by atoms with Crippen LogP contribution in [0.25, 0.3) is 22.3 Å². The molecule has 1 atom stereocenters. The van der Waals surface area contributed by atoms with Crippen molar-refractivity contribution in [1.29, 1.82) is 0 Å². The van der Waals surface area contributed by atoms with Crippen molar-refractivity contribution in [2.45, 2.75) is 24.8 Å². The number of hydrogen-bond donors (Lipinski definition) is 2. The van der Waals surface area contributed by atoms with E-state index in [1.165, 1.54) is 0 Å². The number of carbonyl (C=O) groups is 1. The van der Waals surface area contributed by atoms with Gasteiger partial charge in [-0.25, -0.2) is 9.78 Å². The smallest absolute Gasteiger partial charge is 0.314 e. The standard InChI is InChI=1S/C17H16BrClN6O/c18-12-13(9-5-10-11(19)7-22-15(10)21-6-9)23-25-4-2-17(14(12)25)1-3-24(8-17)16(20)26/h5-7H,1-4,8H2,(H2,20,26)(H,21,22). The van der Waals surface area contributed by atoms with Gasteiger partial charge in [0, 0.05) is 48.4 Å². The highest BCUT2D eigenvalue weighted by atomic mass is 79.9. The number of H-pyrrole nitrogens is 1. The zero-order chi connectivity index (χ0) is 18.1. The Kier molecular flexibility index (Phi) is 3.39. The molecule has 5 rings (SSSR count). The van der Waals surface area contributed by atoms with Crippen LogP contribution in [0.3, 0.4) is 0 Å². The first-order valence-electron chi connectivity index (χ1n) is 8.43. The minimum absolute atomic E-state index is 0.0810. The van der Waals surface area contributed by atoms with Crippen molar-refractivity contribution in [1.82, 2.24) is 24.6 Å². The molecule has 0 radical (unpaired) electrons. The van der Waals surface area contributed by atoms with Crippen LogP contribution in [-0.4, -0.2) is 43.8 Å². The largest absolute Gasteiger partial charge is 0.351 e. The van der Waals surface area contributed by atoms with E-state index in [9.17, 15) is 4.79 Å². The number of nitrogens with zero attached hydrogens (tertiary/aromatic N) is 4. The van der Waals surface area contributed by atoms with Crippen LogP contribution in [0.5, 0.6) is 0 Å². The van der Waals surface area contributed by atoms with Crippen LogP contribution in [0.4, 0.5) is 4.79 Å². The van der Waals surface area contributed by atoms with E-state index in [0.29, 0.717) is 18.1 Å². The van der Waals surface area contributed by atoms with Gasteiger partial charge in [0.2, 0.25) is 0 Å². The molecular weight excluding hydrogens is 420 g/mol. The number of nitrogens with two attached hydrogens (primary N) is 1. The van der Waals surface area contributed by atoms with Crippen LogP contribution < -0.4 is 5.73 Å². The lowest BCUT2D eigenvalue weighted by Gasteiger charge is -2.23. The van der Waals surface area contributed by atoms with Gasteiger partial charge in [0.1, 0.15) is 11.3 Å². The molecule has 1 unspecified atom stereocenters. The molecule has 2 amide bonds. The summed E-state index contributed by atoms with van der Waals surface area (Å²) in [4.78, 5) is 20.8. The molecule has 5 heterocycles. The summed E-state index contributed by atoms with van der Waals surface area (Å²) in [6, 6.07) is 1.65. The molecule has 1 saturated heterocycles. The summed E-state index contributed by atoms with van der Waals surface area (Å²) in [5, 5.41) is 6.33. The fourth-order valence-corrected chi connectivity index (χ4v) is 5.42. The summed E-state index contributed by atoms with van der Waals surface area (Å²) >= 11 is 10.0. The number of carbonyl (C=O) groups excluding carboxylic acids is 1. The molecule has 0 bridgehead atoms. The molecule has 0 aromatic carbocycles. The lowest BCUT2D eigenvalue weighted by Crippen LogP contribution is -2.36. The van der Waals surface area contributed by atoms with E-state index in [0.717, 1.165) is 51.8 Å². The molecule has 0 aliphatic carbocycles. The topological polar surface area (TPSA) is 92.8 Å². The first-order valence-corrected chi connectivity index (χ1v) is 9.60. The molecular formula is C17H16BrClN6O. The number of halogens is 2. The number of amides is 2. The van der Waals surface area contributed by atoms with E-state index in [4.69, 9.17) is 22.4 Å². The van der Waals surface area contributed by atoms with E-state index in [1.807, 2.05) is 10.7 Å². The first-order chi connectivity index (χ1) is 12.5. The van der Waals surface area contributed by atoms with Crippen LogP contribution >= 0.6 is 27.5 Å². The van der Waals surface area contributed by atoms with Crippen molar-refractivity contribution in [3.63, 3.8) is 0 Å². The summed E-state index contributed by atoms with van der Waals surface area (Å²) in [6.07, 6.45) is 5.41. The number of fused-ring (bicyclic) bond motifs is 3. The average molecular weight is 436 g/mol. The summed E-state index contributed by atoms with van der Waals surface area (Å²) in [6.45, 7) is 2.17. The fourth-order valence-electron chi connectivity index (χ4n) is 4.29. The number of primary amides is 1. The second-order valence-electron chi connectivity index (χ2n) is 7.03. The van der Waals surface area contributed by atoms with Gasteiger partial charge in [-0.05, 0) is 34.8 Å². The van der Waals surface area contributed by atoms with Gasteiger partial charge in [-0.15, -0.1) is 0 Å². The molecule has 1 fully saturated rings. The number of aryl methyl sites for hydroxylation is 1. The second kappa shape index (κ2) is 5.47.